The molecule has 3 rings (SSSR count). The highest BCUT2D eigenvalue weighted by Crippen LogP contribution is 2.21. The molecule has 0 spiro atoms. The Morgan fingerprint density at radius 2 is 1.84 bits per heavy atom. The average Bonchev–Trinajstić information content (AvgIpc) is 2.65. The highest BCUT2D eigenvalue weighted by molar-refractivity contribution is 5.92. The molecule has 0 N–H and O–H groups in total. The molecule has 1 amide bonds. The van der Waals surface area contributed by atoms with Crippen molar-refractivity contribution >= 4 is 18.0 Å². The van der Waals surface area contributed by atoms with Gasteiger partial charge >= 0.3 is 5.97 Å². The van der Waals surface area contributed by atoms with E-state index < -0.39 is 0 Å². The summed E-state index contributed by atoms with van der Waals surface area (Å²) >= 11 is 0. The molecule has 1 aliphatic heterocycles. The fraction of sp³-hybridized carbons (Fsp3) is 0.238. The molecule has 0 saturated heterocycles. The van der Waals surface area contributed by atoms with Gasteiger partial charge < -0.3 is 9.64 Å². The first-order chi connectivity index (χ1) is 12.1. The van der Waals surface area contributed by atoms with Crippen LogP contribution < -0.4 is 0 Å². The predicted molar refractivity (Wildman–Crippen MR) is 97.1 cm³/mol. The second-order valence-electron chi connectivity index (χ2n) is 6.23. The monoisotopic (exact) mass is 335 g/mol. The number of hydrogen-bond acceptors (Lipinski definition) is 3. The molecule has 2 aromatic carbocycles. The van der Waals surface area contributed by atoms with Crippen molar-refractivity contribution < 1.29 is 14.3 Å². The summed E-state index contributed by atoms with van der Waals surface area (Å²) in [6.07, 6.45) is 4.24. The van der Waals surface area contributed by atoms with E-state index in [-0.39, 0.29) is 11.9 Å². The summed E-state index contributed by atoms with van der Waals surface area (Å²) in [5.41, 5.74) is 4.90. The largest absolute Gasteiger partial charge is 0.465 e. The van der Waals surface area contributed by atoms with Crippen LogP contribution in [0.4, 0.5) is 0 Å². The summed E-state index contributed by atoms with van der Waals surface area (Å²) in [6.45, 7) is 3.23. The van der Waals surface area contributed by atoms with Crippen molar-refractivity contribution in [3.8, 4) is 0 Å². The third kappa shape index (κ3) is 3.97. The predicted octanol–water partition coefficient (Wildman–Crippen LogP) is 3.38. The Balaban J connectivity index is 1.71. The van der Waals surface area contributed by atoms with E-state index >= 15 is 0 Å². The van der Waals surface area contributed by atoms with Crippen LogP contribution in [0.5, 0.6) is 0 Å². The zero-order valence-corrected chi connectivity index (χ0v) is 14.5. The molecule has 1 heterocycles. The van der Waals surface area contributed by atoms with Crippen molar-refractivity contribution in [2.24, 2.45) is 0 Å². The second kappa shape index (κ2) is 7.34. The number of benzene rings is 2. The molecule has 0 aromatic heterocycles. The van der Waals surface area contributed by atoms with Crippen LogP contribution in [0.2, 0.25) is 0 Å². The quantitative estimate of drug-likeness (QED) is 0.638. The third-order valence-corrected chi connectivity index (χ3v) is 4.45. The van der Waals surface area contributed by atoms with Crippen molar-refractivity contribution in [2.75, 3.05) is 13.7 Å². The Hall–Kier alpha value is -2.88. The van der Waals surface area contributed by atoms with Gasteiger partial charge in [-0.3, -0.25) is 4.79 Å². The van der Waals surface area contributed by atoms with Gasteiger partial charge in [-0.1, -0.05) is 35.9 Å². The molecule has 4 heteroatoms. The lowest BCUT2D eigenvalue weighted by Gasteiger charge is -2.28. The van der Waals surface area contributed by atoms with Crippen molar-refractivity contribution in [2.45, 2.75) is 19.9 Å². The zero-order chi connectivity index (χ0) is 17.8. The lowest BCUT2D eigenvalue weighted by molar-refractivity contribution is -0.126. The number of hydrogen-bond donors (Lipinski definition) is 0. The number of aryl methyl sites for hydroxylation is 1. The topological polar surface area (TPSA) is 46.6 Å². The van der Waals surface area contributed by atoms with Gasteiger partial charge in [0.05, 0.1) is 12.7 Å². The van der Waals surface area contributed by atoms with E-state index in [1.807, 2.05) is 49.4 Å². The van der Waals surface area contributed by atoms with Gasteiger partial charge in [-0.15, -0.1) is 0 Å². The van der Waals surface area contributed by atoms with Crippen LogP contribution >= 0.6 is 0 Å². The molecule has 0 radical (unpaired) electrons. The maximum atomic E-state index is 12.5. The Bertz CT molecular complexity index is 822. The lowest BCUT2D eigenvalue weighted by atomic mass is 9.97. The van der Waals surface area contributed by atoms with E-state index in [9.17, 15) is 9.59 Å². The first kappa shape index (κ1) is 17.0. The number of rotatable bonds is 3. The van der Waals surface area contributed by atoms with E-state index in [2.05, 4.69) is 0 Å². The van der Waals surface area contributed by atoms with Crippen molar-refractivity contribution in [3.05, 3.63) is 76.4 Å². The number of amides is 1. The SMILES string of the molecule is COC(=O)c1ccc2c(c1)CN(C(=O)/C=C/c1ccc(C)cc1)CC2. The summed E-state index contributed by atoms with van der Waals surface area (Å²) in [7, 11) is 1.37. The number of carbonyl (C=O) groups is 2. The molecule has 0 bridgehead atoms. The van der Waals surface area contributed by atoms with Crippen LogP contribution in [-0.2, 0) is 22.5 Å². The van der Waals surface area contributed by atoms with Crippen LogP contribution in [0.25, 0.3) is 6.08 Å². The Kier molecular flexibility index (Phi) is 4.98. The molecule has 0 saturated carbocycles. The number of ether oxygens (including phenoxy) is 1. The highest BCUT2D eigenvalue weighted by Gasteiger charge is 2.20. The van der Waals surface area contributed by atoms with Gasteiger partial charge in [0.25, 0.3) is 0 Å². The molecule has 128 valence electrons. The molecule has 0 atom stereocenters. The minimum atomic E-state index is -0.356. The van der Waals surface area contributed by atoms with Crippen LogP contribution in [-0.4, -0.2) is 30.4 Å². The Morgan fingerprint density at radius 3 is 2.56 bits per heavy atom. The summed E-state index contributed by atoms with van der Waals surface area (Å²) in [5.74, 6) is -0.375. The van der Waals surface area contributed by atoms with E-state index in [0.29, 0.717) is 18.7 Å². The smallest absolute Gasteiger partial charge is 0.337 e. The summed E-state index contributed by atoms with van der Waals surface area (Å²) in [5, 5.41) is 0. The molecular weight excluding hydrogens is 314 g/mol. The molecule has 4 nitrogen and oxygen atoms in total. The van der Waals surface area contributed by atoms with Gasteiger partial charge in [0.15, 0.2) is 0 Å². The van der Waals surface area contributed by atoms with Crippen LogP contribution in [0.3, 0.4) is 0 Å². The minimum Gasteiger partial charge on any atom is -0.465 e. The fourth-order valence-electron chi connectivity index (χ4n) is 2.94. The number of carbonyl (C=O) groups excluding carboxylic acids is 2. The van der Waals surface area contributed by atoms with Gasteiger partial charge in [0, 0.05) is 19.2 Å². The van der Waals surface area contributed by atoms with Crippen LogP contribution in [0, 0.1) is 6.92 Å². The van der Waals surface area contributed by atoms with Gasteiger partial charge in [-0.2, -0.15) is 0 Å². The Morgan fingerprint density at radius 1 is 1.08 bits per heavy atom. The molecule has 1 aliphatic rings. The Labute approximate surface area is 147 Å². The molecule has 0 fully saturated rings. The average molecular weight is 335 g/mol. The minimum absolute atomic E-state index is 0.0188. The molecule has 2 aromatic rings. The second-order valence-corrected chi connectivity index (χ2v) is 6.23. The number of esters is 1. The standard InChI is InChI=1S/C21H21NO3/c1-15-3-5-16(6-4-15)7-10-20(23)22-12-11-17-8-9-18(21(24)25-2)13-19(17)14-22/h3-10,13H,11-12,14H2,1-2H3/b10-7+. The summed E-state index contributed by atoms with van der Waals surface area (Å²) in [4.78, 5) is 26.0. The van der Waals surface area contributed by atoms with Crippen molar-refractivity contribution in [1.29, 1.82) is 0 Å². The normalized spacial score (nSPS) is 13.6. The lowest BCUT2D eigenvalue weighted by Crippen LogP contribution is -2.34. The fourth-order valence-corrected chi connectivity index (χ4v) is 2.94. The van der Waals surface area contributed by atoms with Crippen LogP contribution in [0.15, 0.2) is 48.5 Å². The first-order valence-corrected chi connectivity index (χ1v) is 8.30. The van der Waals surface area contributed by atoms with Crippen LogP contribution in [0.1, 0.15) is 32.6 Å². The molecule has 25 heavy (non-hydrogen) atoms. The highest BCUT2D eigenvalue weighted by atomic mass is 16.5. The maximum Gasteiger partial charge on any atom is 0.337 e. The van der Waals surface area contributed by atoms with Gasteiger partial charge in [0.1, 0.15) is 0 Å². The molecular formula is C21H21NO3. The van der Waals surface area contributed by atoms with Gasteiger partial charge in [0.2, 0.25) is 5.91 Å². The van der Waals surface area contributed by atoms with E-state index in [4.69, 9.17) is 4.74 Å². The van der Waals surface area contributed by atoms with Crippen molar-refractivity contribution in [3.63, 3.8) is 0 Å². The summed E-state index contributed by atoms with van der Waals surface area (Å²) in [6, 6.07) is 13.6. The first-order valence-electron chi connectivity index (χ1n) is 8.30. The summed E-state index contributed by atoms with van der Waals surface area (Å²) < 4.78 is 4.77. The van der Waals surface area contributed by atoms with E-state index in [0.717, 1.165) is 17.5 Å². The van der Waals surface area contributed by atoms with Crippen molar-refractivity contribution in [1.82, 2.24) is 4.90 Å². The number of nitrogens with zero attached hydrogens (tertiary/aromatic N) is 1. The maximum absolute atomic E-state index is 12.5. The number of fused-ring (bicyclic) bond motifs is 1. The zero-order valence-electron chi connectivity index (χ0n) is 14.5. The molecule has 0 unspecified atom stereocenters. The third-order valence-electron chi connectivity index (χ3n) is 4.45. The van der Waals surface area contributed by atoms with E-state index in [1.54, 1.807) is 17.0 Å². The van der Waals surface area contributed by atoms with Gasteiger partial charge in [-0.05, 0) is 48.2 Å². The van der Waals surface area contributed by atoms with Gasteiger partial charge in [-0.25, -0.2) is 4.79 Å². The molecule has 0 aliphatic carbocycles. The number of methoxy groups -OCH3 is 1. The van der Waals surface area contributed by atoms with E-state index in [1.165, 1.54) is 18.2 Å².